The lowest BCUT2D eigenvalue weighted by atomic mass is 10.0. The number of fused-ring (bicyclic) bond motifs is 1. The van der Waals surface area contributed by atoms with Gasteiger partial charge in [0.05, 0.1) is 41.2 Å². The smallest absolute Gasteiger partial charge is 0.261 e. The van der Waals surface area contributed by atoms with Gasteiger partial charge in [0.2, 0.25) is 5.91 Å². The minimum Gasteiger partial charge on any atom is -0.467 e. The van der Waals surface area contributed by atoms with Gasteiger partial charge in [0.25, 0.3) is 17.7 Å². The summed E-state index contributed by atoms with van der Waals surface area (Å²) >= 11 is 6.03. The van der Waals surface area contributed by atoms with Crippen LogP contribution in [0.25, 0.3) is 0 Å². The molecule has 0 aliphatic carbocycles. The zero-order valence-corrected chi connectivity index (χ0v) is 17.8. The molecule has 2 heterocycles. The summed E-state index contributed by atoms with van der Waals surface area (Å²) in [7, 11) is 1.47. The zero-order valence-electron chi connectivity index (χ0n) is 17.0. The Kier molecular flexibility index (Phi) is 5.79. The number of para-hydroxylation sites is 1. The summed E-state index contributed by atoms with van der Waals surface area (Å²) in [5.74, 6) is -1.37. The SMILES string of the molecule is CN(CC(=O)Nc1ccccc1Cl)C(=O)c1ccc2c(c1)C(=O)N(Cc1ccco1)C2=O. The number of halogens is 1. The van der Waals surface area contributed by atoms with Gasteiger partial charge >= 0.3 is 0 Å². The maximum absolute atomic E-state index is 12.8. The number of nitrogens with zero attached hydrogens (tertiary/aromatic N) is 2. The molecule has 0 saturated heterocycles. The highest BCUT2D eigenvalue weighted by molar-refractivity contribution is 6.33. The molecule has 8 nitrogen and oxygen atoms in total. The molecule has 1 aliphatic rings. The van der Waals surface area contributed by atoms with E-state index in [9.17, 15) is 19.2 Å². The molecule has 0 radical (unpaired) electrons. The van der Waals surface area contributed by atoms with E-state index in [0.29, 0.717) is 16.5 Å². The van der Waals surface area contributed by atoms with E-state index in [1.165, 1.54) is 36.4 Å². The second kappa shape index (κ2) is 8.68. The van der Waals surface area contributed by atoms with E-state index in [4.69, 9.17) is 16.0 Å². The molecule has 32 heavy (non-hydrogen) atoms. The summed E-state index contributed by atoms with van der Waals surface area (Å²) in [5, 5.41) is 3.03. The fraction of sp³-hybridized carbons (Fsp3) is 0.130. The molecule has 0 saturated carbocycles. The number of likely N-dealkylation sites (N-methyl/N-ethyl adjacent to an activating group) is 1. The third-order valence-corrected chi connectivity index (χ3v) is 5.32. The van der Waals surface area contributed by atoms with Crippen LogP contribution >= 0.6 is 11.6 Å². The molecule has 0 bridgehead atoms. The Morgan fingerprint density at radius 3 is 2.50 bits per heavy atom. The predicted molar refractivity (Wildman–Crippen MR) is 116 cm³/mol. The molecule has 2 aromatic carbocycles. The molecule has 1 aliphatic heterocycles. The highest BCUT2D eigenvalue weighted by atomic mass is 35.5. The minimum absolute atomic E-state index is 0.00471. The van der Waals surface area contributed by atoms with Gasteiger partial charge in [0, 0.05) is 12.6 Å². The third kappa shape index (κ3) is 4.13. The molecule has 0 fully saturated rings. The average Bonchev–Trinajstić information content (AvgIpc) is 3.37. The van der Waals surface area contributed by atoms with Crippen molar-refractivity contribution in [2.45, 2.75) is 6.54 Å². The van der Waals surface area contributed by atoms with Crippen molar-refractivity contribution in [1.29, 1.82) is 0 Å². The van der Waals surface area contributed by atoms with Crippen LogP contribution < -0.4 is 5.32 Å². The standard InChI is InChI=1S/C23H18ClN3O5/c1-26(13-20(28)25-19-7-3-2-6-18(19)24)21(29)14-8-9-16-17(11-14)23(31)27(22(16)30)12-15-5-4-10-32-15/h2-11H,12-13H2,1H3,(H,25,28). The topological polar surface area (TPSA) is 99.9 Å². The number of imide groups is 1. The highest BCUT2D eigenvalue weighted by Crippen LogP contribution is 2.26. The van der Waals surface area contributed by atoms with Crippen molar-refractivity contribution >= 4 is 40.9 Å². The van der Waals surface area contributed by atoms with Gasteiger partial charge < -0.3 is 14.6 Å². The molecule has 1 N–H and O–H groups in total. The van der Waals surface area contributed by atoms with E-state index >= 15 is 0 Å². The maximum atomic E-state index is 12.8. The average molecular weight is 452 g/mol. The van der Waals surface area contributed by atoms with Gasteiger partial charge in [-0.1, -0.05) is 23.7 Å². The molecule has 0 unspecified atom stereocenters. The lowest BCUT2D eigenvalue weighted by Crippen LogP contribution is -2.35. The van der Waals surface area contributed by atoms with E-state index in [1.54, 1.807) is 36.4 Å². The number of carbonyl (C=O) groups excluding carboxylic acids is 4. The molecule has 0 spiro atoms. The number of hydrogen-bond donors (Lipinski definition) is 1. The number of anilines is 1. The summed E-state index contributed by atoms with van der Waals surface area (Å²) in [4.78, 5) is 52.8. The molecule has 4 rings (SSSR count). The van der Waals surface area contributed by atoms with E-state index in [-0.39, 0.29) is 29.8 Å². The fourth-order valence-electron chi connectivity index (χ4n) is 3.39. The Morgan fingerprint density at radius 1 is 1.03 bits per heavy atom. The van der Waals surface area contributed by atoms with Crippen LogP contribution in [0.4, 0.5) is 5.69 Å². The first-order valence-electron chi connectivity index (χ1n) is 9.67. The molecular formula is C23H18ClN3O5. The Bertz CT molecular complexity index is 1220. The third-order valence-electron chi connectivity index (χ3n) is 4.99. The van der Waals surface area contributed by atoms with Crippen molar-refractivity contribution in [3.63, 3.8) is 0 Å². The van der Waals surface area contributed by atoms with E-state index in [0.717, 1.165) is 4.90 Å². The van der Waals surface area contributed by atoms with Gasteiger partial charge in [-0.2, -0.15) is 0 Å². The molecule has 4 amide bonds. The Balaban J connectivity index is 1.46. The largest absolute Gasteiger partial charge is 0.467 e. The molecule has 3 aromatic rings. The lowest BCUT2D eigenvalue weighted by Gasteiger charge is -2.17. The molecule has 0 atom stereocenters. The summed E-state index contributed by atoms with van der Waals surface area (Å²) < 4.78 is 5.22. The monoisotopic (exact) mass is 451 g/mol. The summed E-state index contributed by atoms with van der Waals surface area (Å²) in [6.07, 6.45) is 1.46. The summed E-state index contributed by atoms with van der Waals surface area (Å²) in [6, 6.07) is 14.4. The van der Waals surface area contributed by atoms with Gasteiger partial charge in [0.1, 0.15) is 5.76 Å². The van der Waals surface area contributed by atoms with Crippen LogP contribution in [0.3, 0.4) is 0 Å². The first-order valence-corrected chi connectivity index (χ1v) is 10.1. The van der Waals surface area contributed by atoms with Gasteiger partial charge in [0.15, 0.2) is 0 Å². The van der Waals surface area contributed by atoms with Crippen LogP contribution in [-0.4, -0.2) is 47.0 Å². The fourth-order valence-corrected chi connectivity index (χ4v) is 3.57. The number of hydrogen-bond acceptors (Lipinski definition) is 5. The lowest BCUT2D eigenvalue weighted by molar-refractivity contribution is -0.116. The van der Waals surface area contributed by atoms with E-state index < -0.39 is 23.6 Å². The number of amides is 4. The van der Waals surface area contributed by atoms with Crippen molar-refractivity contribution in [3.8, 4) is 0 Å². The normalized spacial score (nSPS) is 12.6. The first kappa shape index (κ1) is 21.3. The molecule has 162 valence electrons. The molecular weight excluding hydrogens is 434 g/mol. The van der Waals surface area contributed by atoms with Gasteiger partial charge in [-0.05, 0) is 42.5 Å². The second-order valence-corrected chi connectivity index (χ2v) is 7.63. The summed E-state index contributed by atoms with van der Waals surface area (Å²) in [5.41, 5.74) is 0.995. The van der Waals surface area contributed by atoms with Crippen LogP contribution in [0.2, 0.25) is 5.02 Å². The van der Waals surface area contributed by atoms with Gasteiger partial charge in [-0.15, -0.1) is 0 Å². The molecule has 1 aromatic heterocycles. The first-order chi connectivity index (χ1) is 15.3. The van der Waals surface area contributed by atoms with Crippen molar-refractivity contribution in [2.75, 3.05) is 18.9 Å². The Morgan fingerprint density at radius 2 is 1.78 bits per heavy atom. The maximum Gasteiger partial charge on any atom is 0.261 e. The summed E-state index contributed by atoms with van der Waals surface area (Å²) in [6.45, 7) is -0.219. The predicted octanol–water partition coefficient (Wildman–Crippen LogP) is 3.44. The van der Waals surface area contributed by atoms with E-state index in [2.05, 4.69) is 5.32 Å². The highest BCUT2D eigenvalue weighted by Gasteiger charge is 2.36. The minimum atomic E-state index is -0.504. The van der Waals surface area contributed by atoms with Crippen molar-refractivity contribution < 1.29 is 23.6 Å². The van der Waals surface area contributed by atoms with Gasteiger partial charge in [-0.25, -0.2) is 0 Å². The zero-order chi connectivity index (χ0) is 22.8. The second-order valence-electron chi connectivity index (χ2n) is 7.23. The Hall–Kier alpha value is -3.91. The van der Waals surface area contributed by atoms with Crippen LogP contribution in [0.1, 0.15) is 36.8 Å². The van der Waals surface area contributed by atoms with Crippen molar-refractivity contribution in [2.24, 2.45) is 0 Å². The van der Waals surface area contributed by atoms with Crippen LogP contribution in [0.5, 0.6) is 0 Å². The van der Waals surface area contributed by atoms with Crippen molar-refractivity contribution in [3.05, 3.63) is 88.3 Å². The van der Waals surface area contributed by atoms with Crippen LogP contribution in [0, 0.1) is 0 Å². The van der Waals surface area contributed by atoms with Crippen LogP contribution in [0.15, 0.2) is 65.3 Å². The Labute approximate surface area is 188 Å². The quantitative estimate of drug-likeness (QED) is 0.579. The molecule has 9 heteroatoms. The van der Waals surface area contributed by atoms with Crippen LogP contribution in [-0.2, 0) is 11.3 Å². The number of benzene rings is 2. The van der Waals surface area contributed by atoms with Crippen molar-refractivity contribution in [1.82, 2.24) is 9.80 Å². The number of nitrogens with one attached hydrogen (secondary N) is 1. The number of rotatable bonds is 6. The number of furan rings is 1. The van der Waals surface area contributed by atoms with Gasteiger partial charge in [-0.3, -0.25) is 24.1 Å². The number of carbonyl (C=O) groups is 4. The van der Waals surface area contributed by atoms with E-state index in [1.807, 2.05) is 0 Å².